The third-order valence-electron chi connectivity index (χ3n) is 4.47. The molecule has 0 aromatic heterocycles. The highest BCUT2D eigenvalue weighted by Gasteiger charge is 2.32. The van der Waals surface area contributed by atoms with E-state index in [0.29, 0.717) is 11.1 Å². The van der Waals surface area contributed by atoms with Crippen LogP contribution in [0.25, 0.3) is 10.8 Å². The highest BCUT2D eigenvalue weighted by molar-refractivity contribution is 6.10. The molecule has 1 aliphatic rings. The van der Waals surface area contributed by atoms with Gasteiger partial charge < -0.3 is 10.2 Å². The van der Waals surface area contributed by atoms with Crippen molar-refractivity contribution in [1.29, 1.82) is 0 Å². The Hall–Kier alpha value is -3.14. The largest absolute Gasteiger partial charge is 0.328 e. The number of carbonyl (C=O) groups excluding carboxylic acids is 2. The standard InChI is InChI=1S/C20H16N2O2/c1-22-18(21-19(23)14-7-3-2-4-8-14)15-11-5-9-13-10-6-12-16(17(13)15)20(22)24/h2-12,18H,1H3,(H,21,23). The minimum Gasteiger partial charge on any atom is -0.328 e. The molecule has 4 nitrogen and oxygen atoms in total. The van der Waals surface area contributed by atoms with Crippen LogP contribution in [0.15, 0.2) is 66.7 Å². The molecular weight excluding hydrogens is 300 g/mol. The van der Waals surface area contributed by atoms with Crippen molar-refractivity contribution in [2.75, 3.05) is 7.05 Å². The molecule has 0 radical (unpaired) electrons. The van der Waals surface area contributed by atoms with E-state index in [1.807, 2.05) is 54.6 Å². The zero-order chi connectivity index (χ0) is 16.7. The van der Waals surface area contributed by atoms with Gasteiger partial charge in [0.25, 0.3) is 11.8 Å². The second-order valence-electron chi connectivity index (χ2n) is 5.91. The zero-order valence-corrected chi connectivity index (χ0v) is 13.2. The molecule has 0 aliphatic carbocycles. The number of hydrogen-bond donors (Lipinski definition) is 1. The number of benzene rings is 3. The van der Waals surface area contributed by atoms with Crippen LogP contribution in [0.1, 0.15) is 32.4 Å². The Kier molecular flexibility index (Phi) is 3.31. The Balaban J connectivity index is 1.80. The van der Waals surface area contributed by atoms with Crippen molar-refractivity contribution in [1.82, 2.24) is 10.2 Å². The van der Waals surface area contributed by atoms with E-state index in [-0.39, 0.29) is 11.8 Å². The summed E-state index contributed by atoms with van der Waals surface area (Å²) in [7, 11) is 1.72. The highest BCUT2D eigenvalue weighted by atomic mass is 16.2. The number of rotatable bonds is 2. The average Bonchev–Trinajstić information content (AvgIpc) is 2.63. The molecule has 4 rings (SSSR count). The van der Waals surface area contributed by atoms with Crippen molar-refractivity contribution >= 4 is 22.6 Å². The summed E-state index contributed by atoms with van der Waals surface area (Å²) >= 11 is 0. The third-order valence-corrected chi connectivity index (χ3v) is 4.47. The van der Waals surface area contributed by atoms with E-state index in [2.05, 4.69) is 5.32 Å². The van der Waals surface area contributed by atoms with Gasteiger partial charge in [0.05, 0.1) is 0 Å². The Bertz CT molecular complexity index is 945. The zero-order valence-electron chi connectivity index (χ0n) is 13.2. The number of nitrogens with one attached hydrogen (secondary N) is 1. The molecule has 3 aromatic rings. The summed E-state index contributed by atoms with van der Waals surface area (Å²) < 4.78 is 0. The maximum Gasteiger partial charge on any atom is 0.256 e. The molecule has 1 N–H and O–H groups in total. The van der Waals surface area contributed by atoms with E-state index in [1.54, 1.807) is 24.1 Å². The summed E-state index contributed by atoms with van der Waals surface area (Å²) in [4.78, 5) is 26.8. The van der Waals surface area contributed by atoms with E-state index < -0.39 is 6.17 Å². The normalized spacial score (nSPS) is 16.3. The van der Waals surface area contributed by atoms with Crippen LogP contribution in [0, 0.1) is 0 Å². The topological polar surface area (TPSA) is 49.4 Å². The van der Waals surface area contributed by atoms with Gasteiger partial charge in [0.15, 0.2) is 0 Å². The van der Waals surface area contributed by atoms with Crippen molar-refractivity contribution < 1.29 is 9.59 Å². The number of carbonyl (C=O) groups is 2. The summed E-state index contributed by atoms with van der Waals surface area (Å²) in [6.07, 6.45) is -0.483. The van der Waals surface area contributed by atoms with E-state index in [9.17, 15) is 9.59 Å². The molecule has 0 saturated carbocycles. The van der Waals surface area contributed by atoms with Crippen molar-refractivity contribution in [3.8, 4) is 0 Å². The summed E-state index contributed by atoms with van der Waals surface area (Å²) in [5.74, 6) is -0.283. The molecule has 2 amide bonds. The van der Waals surface area contributed by atoms with Crippen LogP contribution >= 0.6 is 0 Å². The monoisotopic (exact) mass is 316 g/mol. The van der Waals surface area contributed by atoms with Gasteiger partial charge in [-0.15, -0.1) is 0 Å². The van der Waals surface area contributed by atoms with Crippen LogP contribution in [0.2, 0.25) is 0 Å². The lowest BCUT2D eigenvalue weighted by atomic mass is 9.92. The summed E-state index contributed by atoms with van der Waals surface area (Å²) in [6.45, 7) is 0. The fourth-order valence-electron chi connectivity index (χ4n) is 3.26. The van der Waals surface area contributed by atoms with Crippen LogP contribution in [0.5, 0.6) is 0 Å². The van der Waals surface area contributed by atoms with Crippen molar-refractivity contribution in [2.24, 2.45) is 0 Å². The maximum absolute atomic E-state index is 12.7. The first-order chi connectivity index (χ1) is 11.7. The predicted octanol–water partition coefficient (Wildman–Crippen LogP) is 3.35. The molecule has 0 bridgehead atoms. The van der Waals surface area contributed by atoms with Crippen LogP contribution in [0.3, 0.4) is 0 Å². The molecule has 1 unspecified atom stereocenters. The van der Waals surface area contributed by atoms with Crippen molar-refractivity contribution in [3.63, 3.8) is 0 Å². The number of hydrogen-bond acceptors (Lipinski definition) is 2. The van der Waals surface area contributed by atoms with Gasteiger partial charge in [-0.3, -0.25) is 9.59 Å². The Labute approximate surface area is 139 Å². The van der Waals surface area contributed by atoms with Gasteiger partial charge in [-0.25, -0.2) is 0 Å². The molecule has 118 valence electrons. The predicted molar refractivity (Wildman–Crippen MR) is 92.7 cm³/mol. The molecule has 0 saturated heterocycles. The third kappa shape index (κ3) is 2.15. The van der Waals surface area contributed by atoms with Gasteiger partial charge in [0.1, 0.15) is 6.17 Å². The van der Waals surface area contributed by atoms with E-state index in [1.165, 1.54) is 0 Å². The second-order valence-corrected chi connectivity index (χ2v) is 5.91. The molecule has 1 aliphatic heterocycles. The van der Waals surface area contributed by atoms with E-state index in [4.69, 9.17) is 0 Å². The summed E-state index contributed by atoms with van der Waals surface area (Å²) in [5, 5.41) is 4.91. The van der Waals surface area contributed by atoms with Crippen LogP contribution < -0.4 is 5.32 Å². The first kappa shape index (κ1) is 14.5. The first-order valence-corrected chi connectivity index (χ1v) is 7.81. The van der Waals surface area contributed by atoms with Gasteiger partial charge in [-0.1, -0.05) is 48.5 Å². The molecular formula is C20H16N2O2. The highest BCUT2D eigenvalue weighted by Crippen LogP contribution is 2.34. The number of amides is 2. The van der Waals surface area contributed by atoms with Gasteiger partial charge in [0, 0.05) is 29.1 Å². The molecule has 4 heteroatoms. The molecule has 1 atom stereocenters. The van der Waals surface area contributed by atoms with Gasteiger partial charge in [-0.2, -0.15) is 0 Å². The van der Waals surface area contributed by atoms with Gasteiger partial charge in [-0.05, 0) is 23.6 Å². The van der Waals surface area contributed by atoms with Crippen LogP contribution in [-0.2, 0) is 0 Å². The number of nitrogens with zero attached hydrogens (tertiary/aromatic N) is 1. The summed E-state index contributed by atoms with van der Waals surface area (Å²) in [6, 6.07) is 20.6. The summed E-state index contributed by atoms with van der Waals surface area (Å²) in [5.41, 5.74) is 2.19. The lowest BCUT2D eigenvalue weighted by Crippen LogP contribution is -2.44. The first-order valence-electron chi connectivity index (χ1n) is 7.81. The molecule has 3 aromatic carbocycles. The lowest BCUT2D eigenvalue weighted by molar-refractivity contribution is 0.0662. The Morgan fingerprint density at radius 3 is 2.42 bits per heavy atom. The Morgan fingerprint density at radius 1 is 0.958 bits per heavy atom. The minimum atomic E-state index is -0.483. The van der Waals surface area contributed by atoms with Crippen molar-refractivity contribution in [2.45, 2.75) is 6.17 Å². The van der Waals surface area contributed by atoms with Gasteiger partial charge in [0.2, 0.25) is 0 Å². The van der Waals surface area contributed by atoms with Crippen LogP contribution in [0.4, 0.5) is 0 Å². The molecule has 0 fully saturated rings. The average molecular weight is 316 g/mol. The lowest BCUT2D eigenvalue weighted by Gasteiger charge is -2.34. The quantitative estimate of drug-likeness (QED) is 0.788. The van der Waals surface area contributed by atoms with E-state index in [0.717, 1.165) is 16.3 Å². The van der Waals surface area contributed by atoms with Crippen LogP contribution in [-0.4, -0.2) is 23.8 Å². The molecule has 1 heterocycles. The second kappa shape index (κ2) is 5.49. The SMILES string of the molecule is CN1C(=O)c2cccc3cccc(c23)C1NC(=O)c1ccccc1. The molecule has 24 heavy (non-hydrogen) atoms. The fourth-order valence-corrected chi connectivity index (χ4v) is 3.26. The minimum absolute atomic E-state index is 0.0855. The van der Waals surface area contributed by atoms with E-state index >= 15 is 0 Å². The Morgan fingerprint density at radius 2 is 1.67 bits per heavy atom. The maximum atomic E-state index is 12.7. The molecule has 0 spiro atoms. The van der Waals surface area contributed by atoms with Crippen molar-refractivity contribution in [3.05, 3.63) is 83.4 Å². The fraction of sp³-hybridized carbons (Fsp3) is 0.100. The smallest absolute Gasteiger partial charge is 0.256 e. The van der Waals surface area contributed by atoms with Gasteiger partial charge >= 0.3 is 0 Å².